The summed E-state index contributed by atoms with van der Waals surface area (Å²) in [7, 11) is 0. The lowest BCUT2D eigenvalue weighted by molar-refractivity contribution is -0.124. The van der Waals surface area contributed by atoms with E-state index in [0.717, 1.165) is 22.9 Å². The molecule has 0 fully saturated rings. The number of carbonyl (C=O) groups excluding carboxylic acids is 2. The molecule has 2 aromatic rings. The van der Waals surface area contributed by atoms with Gasteiger partial charge in [-0.25, -0.2) is 9.87 Å². The van der Waals surface area contributed by atoms with Crippen LogP contribution in [0.5, 0.6) is 0 Å². The second-order valence-electron chi connectivity index (χ2n) is 6.46. The molecule has 2 amide bonds. The molecule has 7 heteroatoms. The summed E-state index contributed by atoms with van der Waals surface area (Å²) in [5, 5.41) is 11.7. The topological polar surface area (TPSA) is 81.7 Å². The van der Waals surface area contributed by atoms with Crippen molar-refractivity contribution in [1.29, 1.82) is 0 Å². The fraction of sp³-hybridized carbons (Fsp3) is 0.200. The summed E-state index contributed by atoms with van der Waals surface area (Å²) in [6, 6.07) is 8.43. The highest BCUT2D eigenvalue weighted by Gasteiger charge is 2.33. The van der Waals surface area contributed by atoms with Gasteiger partial charge in [-0.05, 0) is 50.1 Å². The summed E-state index contributed by atoms with van der Waals surface area (Å²) in [4.78, 5) is 26.0. The number of amides is 2. The van der Waals surface area contributed by atoms with Crippen LogP contribution in [0.25, 0.3) is 6.08 Å². The van der Waals surface area contributed by atoms with E-state index in [1.807, 2.05) is 39.0 Å². The van der Waals surface area contributed by atoms with Crippen molar-refractivity contribution in [2.24, 2.45) is 0 Å². The lowest BCUT2D eigenvalue weighted by Gasteiger charge is -2.37. The quantitative estimate of drug-likeness (QED) is 0.440. The molecule has 1 unspecified atom stereocenters. The van der Waals surface area contributed by atoms with Gasteiger partial charge < -0.3 is 5.32 Å². The van der Waals surface area contributed by atoms with E-state index < -0.39 is 11.7 Å². The largest absolute Gasteiger partial charge is 0.364 e. The average Bonchev–Trinajstić information content (AvgIpc) is 2.62. The average molecular weight is 369 g/mol. The zero-order chi connectivity index (χ0) is 19.7. The molecule has 140 valence electrons. The molecule has 0 saturated heterocycles. The van der Waals surface area contributed by atoms with Crippen molar-refractivity contribution in [1.82, 2.24) is 5.48 Å². The number of aryl methyl sites for hydroxylation is 2. The zero-order valence-electron chi connectivity index (χ0n) is 15.2. The minimum atomic E-state index is -0.789. The van der Waals surface area contributed by atoms with Gasteiger partial charge in [0.1, 0.15) is 12.0 Å². The van der Waals surface area contributed by atoms with Crippen molar-refractivity contribution < 1.29 is 19.2 Å². The second-order valence-corrected chi connectivity index (χ2v) is 6.46. The first-order chi connectivity index (χ1) is 12.8. The normalized spacial score (nSPS) is 16.3. The lowest BCUT2D eigenvalue weighted by atomic mass is 10.0. The number of hydrogen-bond donors (Lipinski definition) is 3. The van der Waals surface area contributed by atoms with E-state index in [2.05, 4.69) is 5.32 Å². The number of halogens is 1. The highest BCUT2D eigenvalue weighted by atomic mass is 19.1. The van der Waals surface area contributed by atoms with Crippen LogP contribution in [0.2, 0.25) is 0 Å². The number of benzene rings is 2. The molecular formula is C20H20FN3O3. The van der Waals surface area contributed by atoms with E-state index in [-0.39, 0.29) is 17.6 Å². The van der Waals surface area contributed by atoms with Crippen molar-refractivity contribution in [3.63, 3.8) is 0 Å². The highest BCUT2D eigenvalue weighted by Crippen LogP contribution is 2.34. The standard InChI is InChI=1S/C20H20FN3O3/c1-11-5-4-6-12(2)19(11)24-13(3)22-17-10-16(21)14(7-8-18(25)23-27)9-15(17)20(24)26/h4-10,13,22,27H,1-3H3,(H,23,25)/b8-7+. The molecule has 0 aromatic heterocycles. The third-order valence-corrected chi connectivity index (χ3v) is 4.54. The highest BCUT2D eigenvalue weighted by molar-refractivity contribution is 6.13. The van der Waals surface area contributed by atoms with E-state index in [0.29, 0.717) is 11.3 Å². The fourth-order valence-electron chi connectivity index (χ4n) is 3.29. The van der Waals surface area contributed by atoms with Crippen LogP contribution in [0.4, 0.5) is 15.8 Å². The van der Waals surface area contributed by atoms with Crippen LogP contribution < -0.4 is 15.7 Å². The summed E-state index contributed by atoms with van der Waals surface area (Å²) in [5.41, 5.74) is 4.95. The summed E-state index contributed by atoms with van der Waals surface area (Å²) < 4.78 is 14.3. The first-order valence-corrected chi connectivity index (χ1v) is 8.45. The van der Waals surface area contributed by atoms with Crippen LogP contribution in [0.15, 0.2) is 36.4 Å². The summed E-state index contributed by atoms with van der Waals surface area (Å²) in [6.45, 7) is 5.71. The maximum Gasteiger partial charge on any atom is 0.267 e. The third kappa shape index (κ3) is 3.41. The Hall–Kier alpha value is -3.19. The van der Waals surface area contributed by atoms with Gasteiger partial charge >= 0.3 is 0 Å². The zero-order valence-corrected chi connectivity index (χ0v) is 15.2. The Labute approximate surface area is 156 Å². The SMILES string of the molecule is Cc1cccc(C)c1N1C(=O)c2cc(/C=C/C(=O)NO)c(F)cc2NC1C. The molecule has 1 aliphatic rings. The smallest absolute Gasteiger partial charge is 0.267 e. The van der Waals surface area contributed by atoms with Gasteiger partial charge in [-0.15, -0.1) is 0 Å². The van der Waals surface area contributed by atoms with Crippen molar-refractivity contribution in [2.45, 2.75) is 26.9 Å². The van der Waals surface area contributed by atoms with Crippen molar-refractivity contribution in [3.8, 4) is 0 Å². The van der Waals surface area contributed by atoms with Gasteiger partial charge in [0, 0.05) is 11.6 Å². The third-order valence-electron chi connectivity index (χ3n) is 4.54. The monoisotopic (exact) mass is 369 g/mol. The van der Waals surface area contributed by atoms with E-state index in [1.165, 1.54) is 23.7 Å². The van der Waals surface area contributed by atoms with Crippen LogP contribution in [0.3, 0.4) is 0 Å². The Morgan fingerprint density at radius 2 is 1.96 bits per heavy atom. The first kappa shape index (κ1) is 18.6. The summed E-state index contributed by atoms with van der Waals surface area (Å²) in [6.07, 6.45) is 1.83. The molecule has 1 atom stereocenters. The molecule has 27 heavy (non-hydrogen) atoms. The van der Waals surface area contributed by atoms with E-state index >= 15 is 0 Å². The molecule has 0 radical (unpaired) electrons. The Kier molecular flexibility index (Phi) is 4.96. The molecule has 0 bridgehead atoms. The molecule has 2 aromatic carbocycles. The second kappa shape index (κ2) is 7.20. The number of fused-ring (bicyclic) bond motifs is 1. The number of rotatable bonds is 3. The number of para-hydroxylation sites is 1. The van der Waals surface area contributed by atoms with Gasteiger partial charge in [0.2, 0.25) is 0 Å². The Morgan fingerprint density at radius 3 is 2.59 bits per heavy atom. The number of carbonyl (C=O) groups is 2. The minimum absolute atomic E-state index is 0.0727. The Bertz CT molecular complexity index is 935. The van der Waals surface area contributed by atoms with Crippen LogP contribution in [-0.2, 0) is 4.79 Å². The molecule has 3 N–H and O–H groups in total. The van der Waals surface area contributed by atoms with Gasteiger partial charge in [-0.2, -0.15) is 0 Å². The molecule has 0 saturated carbocycles. The molecule has 3 rings (SSSR count). The predicted octanol–water partition coefficient (Wildman–Crippen LogP) is 3.38. The van der Waals surface area contributed by atoms with Crippen LogP contribution in [0.1, 0.15) is 34.0 Å². The molecule has 6 nitrogen and oxygen atoms in total. The van der Waals surface area contributed by atoms with Crippen LogP contribution in [-0.4, -0.2) is 23.2 Å². The van der Waals surface area contributed by atoms with Gasteiger partial charge in [0.05, 0.1) is 16.9 Å². The van der Waals surface area contributed by atoms with E-state index in [9.17, 15) is 14.0 Å². The van der Waals surface area contributed by atoms with Crippen molar-refractivity contribution >= 4 is 29.3 Å². The Morgan fingerprint density at radius 1 is 1.30 bits per heavy atom. The number of anilines is 2. The summed E-state index contributed by atoms with van der Waals surface area (Å²) in [5.74, 6) is -1.62. The minimum Gasteiger partial charge on any atom is -0.364 e. The molecule has 0 spiro atoms. The number of nitrogens with one attached hydrogen (secondary N) is 2. The molecule has 1 heterocycles. The molecule has 1 aliphatic heterocycles. The fourth-order valence-corrected chi connectivity index (χ4v) is 3.29. The van der Waals surface area contributed by atoms with E-state index in [1.54, 1.807) is 4.90 Å². The number of hydroxylamine groups is 1. The number of nitrogens with zero attached hydrogens (tertiary/aromatic N) is 1. The first-order valence-electron chi connectivity index (χ1n) is 8.45. The Balaban J connectivity index is 2.07. The van der Waals surface area contributed by atoms with Gasteiger partial charge in [-0.3, -0.25) is 19.7 Å². The molecule has 0 aliphatic carbocycles. The van der Waals surface area contributed by atoms with Gasteiger partial charge in [0.25, 0.3) is 11.8 Å². The number of hydrogen-bond acceptors (Lipinski definition) is 4. The predicted molar refractivity (Wildman–Crippen MR) is 101 cm³/mol. The van der Waals surface area contributed by atoms with Gasteiger partial charge in [0.15, 0.2) is 0 Å². The maximum absolute atomic E-state index is 14.3. The van der Waals surface area contributed by atoms with Crippen LogP contribution >= 0.6 is 0 Å². The van der Waals surface area contributed by atoms with E-state index in [4.69, 9.17) is 5.21 Å². The molecular weight excluding hydrogens is 349 g/mol. The summed E-state index contributed by atoms with van der Waals surface area (Å²) >= 11 is 0. The van der Waals surface area contributed by atoms with Gasteiger partial charge in [-0.1, -0.05) is 18.2 Å². The maximum atomic E-state index is 14.3. The van der Waals surface area contributed by atoms with Crippen molar-refractivity contribution in [2.75, 3.05) is 10.2 Å². The van der Waals surface area contributed by atoms with Crippen LogP contribution in [0, 0.1) is 19.7 Å². The lowest BCUT2D eigenvalue weighted by Crippen LogP contribution is -2.48. The van der Waals surface area contributed by atoms with Crippen molar-refractivity contribution in [3.05, 3.63) is 64.5 Å².